The van der Waals surface area contributed by atoms with Gasteiger partial charge in [-0.2, -0.15) is 5.26 Å². The van der Waals surface area contributed by atoms with Crippen molar-refractivity contribution < 1.29 is 13.2 Å². The van der Waals surface area contributed by atoms with Crippen molar-refractivity contribution in [1.29, 1.82) is 5.26 Å². The number of fused-ring (bicyclic) bond motifs is 1. The van der Waals surface area contributed by atoms with Gasteiger partial charge < -0.3 is 5.32 Å². The molecule has 1 amide bonds. The van der Waals surface area contributed by atoms with Crippen LogP contribution in [-0.2, 0) is 14.6 Å². The van der Waals surface area contributed by atoms with E-state index in [9.17, 15) is 18.5 Å². The SMILES string of the molecule is Cc1c(C#N)c(NC(=O)C2(S(C)(=O)=O)CC2)nc2ccccc12. The van der Waals surface area contributed by atoms with E-state index in [1.807, 2.05) is 24.3 Å². The first kappa shape index (κ1) is 15.4. The Morgan fingerprint density at radius 2 is 2.00 bits per heavy atom. The summed E-state index contributed by atoms with van der Waals surface area (Å²) >= 11 is 0. The molecular weight excluding hydrogens is 314 g/mol. The molecule has 2 aromatic rings. The van der Waals surface area contributed by atoms with Gasteiger partial charge in [0, 0.05) is 11.6 Å². The van der Waals surface area contributed by atoms with Gasteiger partial charge in [0.1, 0.15) is 6.07 Å². The largest absolute Gasteiger partial charge is 0.308 e. The number of hydrogen-bond donors (Lipinski definition) is 1. The number of hydrogen-bond acceptors (Lipinski definition) is 5. The fourth-order valence-corrected chi connectivity index (χ4v) is 3.94. The van der Waals surface area contributed by atoms with Crippen LogP contribution in [0.15, 0.2) is 24.3 Å². The standard InChI is InChI=1S/C16H15N3O3S/c1-10-11-5-3-4-6-13(11)18-14(12(10)9-17)19-15(20)16(7-8-16)23(2,21)22/h3-6H,7-8H2,1-2H3,(H,18,19,20). The molecule has 0 unspecified atom stereocenters. The highest BCUT2D eigenvalue weighted by molar-refractivity contribution is 7.93. The van der Waals surface area contributed by atoms with Crippen LogP contribution < -0.4 is 5.32 Å². The molecule has 1 heterocycles. The number of para-hydroxylation sites is 1. The summed E-state index contributed by atoms with van der Waals surface area (Å²) in [5.74, 6) is -0.498. The molecule has 0 bridgehead atoms. The number of nitrogens with zero attached hydrogens (tertiary/aromatic N) is 2. The first-order valence-corrected chi connectivity index (χ1v) is 9.00. The van der Waals surface area contributed by atoms with Crippen LogP contribution in [0.5, 0.6) is 0 Å². The second-order valence-electron chi connectivity index (χ2n) is 5.81. The minimum atomic E-state index is -3.51. The van der Waals surface area contributed by atoms with Crippen LogP contribution in [0, 0.1) is 18.3 Å². The van der Waals surface area contributed by atoms with Crippen molar-refractivity contribution in [3.05, 3.63) is 35.4 Å². The highest BCUT2D eigenvalue weighted by Crippen LogP contribution is 2.44. The number of carbonyl (C=O) groups is 1. The predicted octanol–water partition coefficient (Wildman–Crippen LogP) is 1.93. The second-order valence-corrected chi connectivity index (χ2v) is 8.14. The van der Waals surface area contributed by atoms with Gasteiger partial charge >= 0.3 is 0 Å². The Hall–Kier alpha value is -2.46. The summed E-state index contributed by atoms with van der Waals surface area (Å²) in [5.41, 5.74) is 1.60. The topological polar surface area (TPSA) is 99.9 Å². The Labute approximate surface area is 134 Å². The summed E-state index contributed by atoms with van der Waals surface area (Å²) < 4.78 is 22.3. The lowest BCUT2D eigenvalue weighted by Crippen LogP contribution is -2.37. The van der Waals surface area contributed by atoms with E-state index in [1.165, 1.54) is 0 Å². The Balaban J connectivity index is 2.08. The Morgan fingerprint density at radius 1 is 1.35 bits per heavy atom. The lowest BCUT2D eigenvalue weighted by molar-refractivity contribution is -0.116. The number of aromatic nitrogens is 1. The second kappa shape index (κ2) is 5.03. The van der Waals surface area contributed by atoms with Gasteiger partial charge in [-0.3, -0.25) is 4.79 Å². The summed E-state index contributed by atoms with van der Waals surface area (Å²) in [4.78, 5) is 16.7. The maximum Gasteiger partial charge on any atom is 0.247 e. The quantitative estimate of drug-likeness (QED) is 0.927. The molecule has 0 atom stereocenters. The molecule has 1 aromatic heterocycles. The zero-order chi connectivity index (χ0) is 16.8. The molecule has 1 aliphatic carbocycles. The van der Waals surface area contributed by atoms with Crippen LogP contribution in [-0.4, -0.2) is 30.3 Å². The number of nitrogens with one attached hydrogen (secondary N) is 1. The molecule has 7 heteroatoms. The molecule has 6 nitrogen and oxygen atoms in total. The third kappa shape index (κ3) is 2.35. The van der Waals surface area contributed by atoms with E-state index in [-0.39, 0.29) is 11.4 Å². The molecule has 0 radical (unpaired) electrons. The van der Waals surface area contributed by atoms with Crippen LogP contribution in [0.4, 0.5) is 5.82 Å². The Morgan fingerprint density at radius 3 is 2.57 bits per heavy atom. The molecule has 1 aromatic carbocycles. The van der Waals surface area contributed by atoms with Crippen molar-refractivity contribution in [3.63, 3.8) is 0 Å². The van der Waals surface area contributed by atoms with Gasteiger partial charge in [0.05, 0.1) is 11.1 Å². The van der Waals surface area contributed by atoms with E-state index < -0.39 is 20.5 Å². The van der Waals surface area contributed by atoms with Crippen LogP contribution in [0.1, 0.15) is 24.0 Å². The molecule has 3 rings (SSSR count). The highest BCUT2D eigenvalue weighted by Gasteiger charge is 2.58. The van der Waals surface area contributed by atoms with Crippen LogP contribution >= 0.6 is 0 Å². The number of anilines is 1. The predicted molar refractivity (Wildman–Crippen MR) is 86.6 cm³/mol. The average molecular weight is 329 g/mol. The molecule has 118 valence electrons. The minimum absolute atomic E-state index is 0.114. The molecule has 1 saturated carbocycles. The van der Waals surface area contributed by atoms with E-state index >= 15 is 0 Å². The third-order valence-electron chi connectivity index (χ3n) is 4.32. The number of pyridine rings is 1. The summed E-state index contributed by atoms with van der Waals surface area (Å²) in [7, 11) is -3.51. The molecule has 0 aliphatic heterocycles. The van der Waals surface area contributed by atoms with E-state index in [0.29, 0.717) is 23.9 Å². The molecule has 0 saturated heterocycles. The van der Waals surface area contributed by atoms with Gasteiger partial charge in [-0.05, 0) is 31.4 Å². The minimum Gasteiger partial charge on any atom is -0.308 e. The smallest absolute Gasteiger partial charge is 0.247 e. The normalized spacial score (nSPS) is 15.9. The number of rotatable bonds is 3. The molecule has 1 aliphatic rings. The molecule has 0 spiro atoms. The van der Waals surface area contributed by atoms with E-state index in [4.69, 9.17) is 0 Å². The molecular formula is C16H15N3O3S. The lowest BCUT2D eigenvalue weighted by atomic mass is 10.0. The summed E-state index contributed by atoms with van der Waals surface area (Å²) in [6.07, 6.45) is 1.65. The zero-order valence-corrected chi connectivity index (χ0v) is 13.6. The molecule has 23 heavy (non-hydrogen) atoms. The van der Waals surface area contributed by atoms with Crippen LogP contribution in [0.3, 0.4) is 0 Å². The average Bonchev–Trinajstić information content (AvgIpc) is 3.29. The van der Waals surface area contributed by atoms with Gasteiger partial charge in [0.25, 0.3) is 0 Å². The number of carbonyl (C=O) groups excluding carboxylic acids is 1. The third-order valence-corrected chi connectivity index (χ3v) is 6.34. The number of aryl methyl sites for hydroxylation is 1. The van der Waals surface area contributed by atoms with Crippen molar-refractivity contribution in [2.75, 3.05) is 11.6 Å². The maximum absolute atomic E-state index is 12.4. The zero-order valence-electron chi connectivity index (χ0n) is 12.8. The van der Waals surface area contributed by atoms with Crippen LogP contribution in [0.25, 0.3) is 10.9 Å². The number of sulfone groups is 1. The fraction of sp³-hybridized carbons (Fsp3) is 0.312. The number of benzene rings is 1. The molecule has 1 N–H and O–H groups in total. The van der Waals surface area contributed by atoms with Gasteiger partial charge in [-0.1, -0.05) is 18.2 Å². The van der Waals surface area contributed by atoms with Gasteiger partial charge in [-0.15, -0.1) is 0 Å². The first-order valence-electron chi connectivity index (χ1n) is 7.11. The van der Waals surface area contributed by atoms with Crippen molar-refractivity contribution >= 4 is 32.5 Å². The van der Waals surface area contributed by atoms with Gasteiger partial charge in [-0.25, -0.2) is 13.4 Å². The maximum atomic E-state index is 12.4. The van der Waals surface area contributed by atoms with E-state index in [2.05, 4.69) is 10.3 Å². The van der Waals surface area contributed by atoms with Crippen LogP contribution in [0.2, 0.25) is 0 Å². The Kier molecular flexibility index (Phi) is 3.38. The summed E-state index contributed by atoms with van der Waals surface area (Å²) in [6.45, 7) is 1.78. The summed E-state index contributed by atoms with van der Waals surface area (Å²) in [5, 5.41) is 12.8. The van der Waals surface area contributed by atoms with E-state index in [0.717, 1.165) is 11.6 Å². The van der Waals surface area contributed by atoms with Crippen molar-refractivity contribution in [1.82, 2.24) is 4.98 Å². The number of nitriles is 1. The highest BCUT2D eigenvalue weighted by atomic mass is 32.2. The molecule has 1 fully saturated rings. The van der Waals surface area contributed by atoms with Gasteiger partial charge in [0.2, 0.25) is 5.91 Å². The van der Waals surface area contributed by atoms with Crippen molar-refractivity contribution in [3.8, 4) is 6.07 Å². The summed E-state index contributed by atoms with van der Waals surface area (Å²) in [6, 6.07) is 9.33. The monoisotopic (exact) mass is 329 g/mol. The van der Waals surface area contributed by atoms with Gasteiger partial charge in [0.15, 0.2) is 20.4 Å². The first-order chi connectivity index (χ1) is 10.8. The van der Waals surface area contributed by atoms with Crippen molar-refractivity contribution in [2.45, 2.75) is 24.5 Å². The lowest BCUT2D eigenvalue weighted by Gasteiger charge is -2.15. The fourth-order valence-electron chi connectivity index (χ4n) is 2.71. The number of amides is 1. The van der Waals surface area contributed by atoms with Crippen molar-refractivity contribution in [2.24, 2.45) is 0 Å². The Bertz CT molecular complexity index is 970. The van der Waals surface area contributed by atoms with E-state index in [1.54, 1.807) is 13.0 Å².